The Bertz CT molecular complexity index is 785. The Morgan fingerprint density at radius 2 is 1.20 bits per heavy atom. The number of hydrogen-bond donors (Lipinski definition) is 0. The van der Waals surface area contributed by atoms with Gasteiger partial charge < -0.3 is 0 Å². The summed E-state index contributed by atoms with van der Waals surface area (Å²) in [5.74, 6) is 0. The summed E-state index contributed by atoms with van der Waals surface area (Å²) >= 11 is 0. The van der Waals surface area contributed by atoms with Crippen LogP contribution in [0.4, 0.5) is 0 Å². The van der Waals surface area contributed by atoms with Crippen molar-refractivity contribution < 1.29 is 0 Å². The fraction of sp³-hybridized carbons (Fsp3) is 0.200. The second-order valence-electron chi connectivity index (χ2n) is 6.50. The van der Waals surface area contributed by atoms with Crippen LogP contribution in [0.3, 0.4) is 0 Å². The van der Waals surface area contributed by atoms with Gasteiger partial charge in [-0.1, -0.05) is 98.3 Å². The number of hydrogen-bond acceptors (Lipinski definition) is 0. The molecule has 0 atom stereocenters. The molecule has 0 aliphatic heterocycles. The van der Waals surface area contributed by atoms with Gasteiger partial charge in [-0.2, -0.15) is 0 Å². The van der Waals surface area contributed by atoms with Gasteiger partial charge in [0.25, 0.3) is 0 Å². The van der Waals surface area contributed by atoms with Crippen molar-refractivity contribution in [3.8, 4) is 0 Å². The van der Waals surface area contributed by atoms with Crippen LogP contribution < -0.4 is 0 Å². The van der Waals surface area contributed by atoms with Crippen molar-refractivity contribution >= 4 is 11.1 Å². The van der Waals surface area contributed by atoms with E-state index in [1.165, 1.54) is 46.2 Å². The Morgan fingerprint density at radius 1 is 0.680 bits per heavy atom. The summed E-state index contributed by atoms with van der Waals surface area (Å²) in [6, 6.07) is 30.4. The smallest absolute Gasteiger partial charge is 0.00733 e. The highest BCUT2D eigenvalue weighted by Crippen LogP contribution is 2.36. The van der Waals surface area contributed by atoms with Crippen LogP contribution in [0, 0.1) is 6.92 Å². The first-order chi connectivity index (χ1) is 12.3. The molecule has 0 fully saturated rings. The highest BCUT2D eigenvalue weighted by Gasteiger charge is 2.14. The van der Waals surface area contributed by atoms with Gasteiger partial charge in [0.15, 0.2) is 0 Å². The van der Waals surface area contributed by atoms with Crippen molar-refractivity contribution in [2.24, 2.45) is 0 Å². The van der Waals surface area contributed by atoms with Crippen LogP contribution in [0.25, 0.3) is 11.1 Å². The molecule has 0 nitrogen and oxygen atoms in total. The first-order valence-electron chi connectivity index (χ1n) is 9.21. The monoisotopic (exact) mass is 326 g/mol. The maximum absolute atomic E-state index is 2.27. The van der Waals surface area contributed by atoms with Crippen LogP contribution in [-0.2, 0) is 0 Å². The van der Waals surface area contributed by atoms with Crippen LogP contribution in [-0.4, -0.2) is 0 Å². The zero-order valence-electron chi connectivity index (χ0n) is 15.2. The molecule has 0 bridgehead atoms. The van der Waals surface area contributed by atoms with Gasteiger partial charge in [0.2, 0.25) is 0 Å². The summed E-state index contributed by atoms with van der Waals surface area (Å²) in [5.41, 5.74) is 8.13. The molecular weight excluding hydrogens is 300 g/mol. The second kappa shape index (κ2) is 8.48. The molecule has 3 rings (SSSR count). The molecule has 0 heteroatoms. The van der Waals surface area contributed by atoms with Gasteiger partial charge in [0.05, 0.1) is 0 Å². The van der Waals surface area contributed by atoms with Gasteiger partial charge in [0.1, 0.15) is 0 Å². The van der Waals surface area contributed by atoms with Crippen LogP contribution in [0.1, 0.15) is 48.4 Å². The SMILES string of the molecule is CCCCC(=C(c1ccccc1)c1ccccc1)c1ccccc1C. The Hall–Kier alpha value is -2.60. The molecule has 0 aliphatic rings. The maximum Gasteiger partial charge on any atom is -0.00733 e. The fourth-order valence-corrected chi connectivity index (χ4v) is 3.38. The van der Waals surface area contributed by atoms with Gasteiger partial charge in [-0.25, -0.2) is 0 Å². The molecule has 0 aliphatic carbocycles. The van der Waals surface area contributed by atoms with Crippen LogP contribution in [0.2, 0.25) is 0 Å². The Labute approximate surface area is 151 Å². The third-order valence-corrected chi connectivity index (χ3v) is 4.68. The summed E-state index contributed by atoms with van der Waals surface area (Å²) in [7, 11) is 0. The molecular formula is C25H26. The number of benzene rings is 3. The number of rotatable bonds is 6. The molecule has 0 amide bonds. The van der Waals surface area contributed by atoms with Gasteiger partial charge in [-0.05, 0) is 53.2 Å². The number of allylic oxidation sites excluding steroid dienone is 1. The highest BCUT2D eigenvalue weighted by atomic mass is 14.2. The average Bonchev–Trinajstić information content (AvgIpc) is 2.67. The van der Waals surface area contributed by atoms with E-state index in [9.17, 15) is 0 Å². The van der Waals surface area contributed by atoms with Crippen molar-refractivity contribution in [3.05, 3.63) is 107 Å². The normalized spacial score (nSPS) is 10.5. The first kappa shape index (κ1) is 17.2. The predicted molar refractivity (Wildman–Crippen MR) is 110 cm³/mol. The number of unbranched alkanes of at least 4 members (excludes halogenated alkanes) is 1. The van der Waals surface area contributed by atoms with E-state index in [1.54, 1.807) is 0 Å². The molecule has 0 unspecified atom stereocenters. The van der Waals surface area contributed by atoms with Gasteiger partial charge in [-0.3, -0.25) is 0 Å². The van der Waals surface area contributed by atoms with E-state index < -0.39 is 0 Å². The molecule has 126 valence electrons. The van der Waals surface area contributed by atoms with Gasteiger partial charge in [0, 0.05) is 0 Å². The lowest BCUT2D eigenvalue weighted by molar-refractivity contribution is 0.824. The minimum atomic E-state index is 1.10. The van der Waals surface area contributed by atoms with E-state index in [4.69, 9.17) is 0 Å². The van der Waals surface area contributed by atoms with Crippen molar-refractivity contribution in [3.63, 3.8) is 0 Å². The van der Waals surface area contributed by atoms with Gasteiger partial charge in [-0.15, -0.1) is 0 Å². The molecule has 3 aromatic rings. The number of aryl methyl sites for hydroxylation is 1. The van der Waals surface area contributed by atoms with E-state index in [2.05, 4.69) is 98.8 Å². The standard InChI is InChI=1S/C25H26/c1-3-4-18-24(23-19-12-11-13-20(23)2)25(21-14-7-5-8-15-21)22-16-9-6-10-17-22/h5-17,19H,3-4,18H2,1-2H3. The largest absolute Gasteiger partial charge is 0.0654 e. The quantitative estimate of drug-likeness (QED) is 0.422. The average molecular weight is 326 g/mol. The lowest BCUT2D eigenvalue weighted by atomic mass is 9.85. The molecule has 0 aromatic heterocycles. The maximum atomic E-state index is 2.27. The summed E-state index contributed by atoms with van der Waals surface area (Å²) < 4.78 is 0. The molecule has 25 heavy (non-hydrogen) atoms. The zero-order chi connectivity index (χ0) is 17.5. The van der Waals surface area contributed by atoms with Crippen LogP contribution in [0.15, 0.2) is 84.9 Å². The Kier molecular flexibility index (Phi) is 5.85. The molecule has 0 heterocycles. The third kappa shape index (κ3) is 4.09. The van der Waals surface area contributed by atoms with E-state index in [1.807, 2.05) is 0 Å². The summed E-state index contributed by atoms with van der Waals surface area (Å²) in [6.07, 6.45) is 3.50. The molecule has 0 radical (unpaired) electrons. The van der Waals surface area contributed by atoms with Crippen LogP contribution in [0.5, 0.6) is 0 Å². The second-order valence-corrected chi connectivity index (χ2v) is 6.50. The fourth-order valence-electron chi connectivity index (χ4n) is 3.38. The Balaban J connectivity index is 2.28. The topological polar surface area (TPSA) is 0 Å². The van der Waals surface area contributed by atoms with Gasteiger partial charge >= 0.3 is 0 Å². The molecule has 0 saturated carbocycles. The molecule has 0 spiro atoms. The first-order valence-corrected chi connectivity index (χ1v) is 9.21. The molecule has 0 N–H and O–H groups in total. The lowest BCUT2D eigenvalue weighted by Gasteiger charge is -2.19. The van der Waals surface area contributed by atoms with E-state index in [0.29, 0.717) is 0 Å². The predicted octanol–water partition coefficient (Wildman–Crippen LogP) is 7.14. The van der Waals surface area contributed by atoms with Crippen molar-refractivity contribution in [1.29, 1.82) is 0 Å². The van der Waals surface area contributed by atoms with E-state index >= 15 is 0 Å². The minimum Gasteiger partial charge on any atom is -0.0654 e. The summed E-state index contributed by atoms with van der Waals surface area (Å²) in [5, 5.41) is 0. The van der Waals surface area contributed by atoms with Crippen molar-refractivity contribution in [1.82, 2.24) is 0 Å². The third-order valence-electron chi connectivity index (χ3n) is 4.68. The molecule has 0 saturated heterocycles. The van der Waals surface area contributed by atoms with Crippen molar-refractivity contribution in [2.45, 2.75) is 33.1 Å². The minimum absolute atomic E-state index is 1.10. The Morgan fingerprint density at radius 3 is 1.72 bits per heavy atom. The van der Waals surface area contributed by atoms with E-state index in [-0.39, 0.29) is 0 Å². The highest BCUT2D eigenvalue weighted by molar-refractivity contribution is 5.99. The van der Waals surface area contributed by atoms with E-state index in [0.717, 1.165) is 6.42 Å². The molecule has 3 aromatic carbocycles. The van der Waals surface area contributed by atoms with Crippen LogP contribution >= 0.6 is 0 Å². The summed E-state index contributed by atoms with van der Waals surface area (Å²) in [6.45, 7) is 4.48. The summed E-state index contributed by atoms with van der Waals surface area (Å²) in [4.78, 5) is 0. The zero-order valence-corrected chi connectivity index (χ0v) is 15.2. The lowest BCUT2D eigenvalue weighted by Crippen LogP contribution is -1.97. The van der Waals surface area contributed by atoms with Crippen molar-refractivity contribution in [2.75, 3.05) is 0 Å².